The molecule has 19 nitrogen and oxygen atoms in total. The van der Waals surface area contributed by atoms with E-state index < -0.39 is 53.1 Å². The number of nitrogens with two attached hydrogens (primary N) is 1. The SMILES string of the molecule is CNc1nc(N)nc2c1ncn2[C@@H]1O[C@@H]2C(OP(=O)(O)OP(=O)(O)OP(=O)(O)O)[C@]2(O)[C@@]1(C)O. The molecule has 7 atom stereocenters. The lowest BCUT2D eigenvalue weighted by Gasteiger charge is -2.33. The summed E-state index contributed by atoms with van der Waals surface area (Å²) >= 11 is 0. The van der Waals surface area contributed by atoms with Gasteiger partial charge in [-0.2, -0.15) is 18.6 Å². The summed E-state index contributed by atoms with van der Waals surface area (Å²) in [6, 6.07) is 0. The van der Waals surface area contributed by atoms with E-state index in [0.717, 1.165) is 6.92 Å². The highest BCUT2D eigenvalue weighted by Crippen LogP contribution is 2.70. The van der Waals surface area contributed by atoms with Crippen molar-refractivity contribution in [2.75, 3.05) is 18.1 Å². The Morgan fingerprint density at radius 3 is 2.32 bits per heavy atom. The molecule has 0 aromatic carbocycles. The number of nitrogens with one attached hydrogen (secondary N) is 1. The van der Waals surface area contributed by atoms with Crippen molar-refractivity contribution in [1.82, 2.24) is 19.5 Å². The Bertz CT molecular complexity index is 1300. The Morgan fingerprint density at radius 2 is 1.79 bits per heavy atom. The fraction of sp³-hybridized carbons (Fsp3) is 0.583. The van der Waals surface area contributed by atoms with Gasteiger partial charge in [0.2, 0.25) is 5.95 Å². The van der Waals surface area contributed by atoms with E-state index in [9.17, 15) is 33.7 Å². The molecule has 190 valence electrons. The van der Waals surface area contributed by atoms with Crippen LogP contribution in [0.25, 0.3) is 11.2 Å². The Hall–Kier alpha value is -1.56. The average Bonchev–Trinajstić information content (AvgIpc) is 2.93. The van der Waals surface area contributed by atoms with Crippen LogP contribution in [0.2, 0.25) is 0 Å². The minimum absolute atomic E-state index is 0.122. The lowest BCUT2D eigenvalue weighted by Crippen LogP contribution is -2.48. The van der Waals surface area contributed by atoms with E-state index in [2.05, 4.69) is 33.4 Å². The summed E-state index contributed by atoms with van der Waals surface area (Å²) < 4.78 is 53.0. The first kappa shape index (κ1) is 25.5. The molecule has 0 spiro atoms. The van der Waals surface area contributed by atoms with Gasteiger partial charge < -0.3 is 45.6 Å². The van der Waals surface area contributed by atoms with E-state index in [-0.39, 0.29) is 22.9 Å². The van der Waals surface area contributed by atoms with Gasteiger partial charge in [0.15, 0.2) is 28.8 Å². The standard InChI is InChI=1S/C12H19N6O13P3/c1-11(19)9(18-3-15-4-7(14-2)16-10(13)17-8(4)18)28-5-6(12(5,11)20)29-33(24,25)31-34(26,27)30-32(21,22)23/h3,5-6,9,19-20H,1-2H3,(H,24,25)(H,26,27)(H2,21,22,23)(H3,13,14,16,17)/t5-,6?,9-,11+,12+/m1/s1. The maximum absolute atomic E-state index is 12.1. The largest absolute Gasteiger partial charge is 0.490 e. The van der Waals surface area contributed by atoms with Gasteiger partial charge in [-0.15, -0.1) is 0 Å². The van der Waals surface area contributed by atoms with E-state index in [4.69, 9.17) is 20.3 Å². The summed E-state index contributed by atoms with van der Waals surface area (Å²) in [6.07, 6.45) is -3.33. The van der Waals surface area contributed by atoms with Crippen molar-refractivity contribution in [3.05, 3.63) is 6.33 Å². The number of anilines is 2. The van der Waals surface area contributed by atoms with Gasteiger partial charge in [0.1, 0.15) is 17.8 Å². The first-order valence-electron chi connectivity index (χ1n) is 9.02. The molecule has 1 aliphatic heterocycles. The normalized spacial score (nSPS) is 34.4. The van der Waals surface area contributed by atoms with Crippen LogP contribution in [0.5, 0.6) is 0 Å². The van der Waals surface area contributed by atoms with Crippen molar-refractivity contribution < 1.29 is 61.4 Å². The molecule has 3 unspecified atom stereocenters. The number of rotatable bonds is 8. The first-order chi connectivity index (χ1) is 15.4. The highest BCUT2D eigenvalue weighted by atomic mass is 31.3. The summed E-state index contributed by atoms with van der Waals surface area (Å²) in [4.78, 5) is 48.3. The predicted octanol–water partition coefficient (Wildman–Crippen LogP) is -1.44. The number of fused-ring (bicyclic) bond motifs is 2. The highest BCUT2D eigenvalue weighted by Gasteiger charge is 2.84. The number of ether oxygens (including phenoxy) is 1. The van der Waals surface area contributed by atoms with Gasteiger partial charge in [-0.05, 0) is 6.92 Å². The highest BCUT2D eigenvalue weighted by molar-refractivity contribution is 7.66. The van der Waals surface area contributed by atoms with Crippen LogP contribution in [0.3, 0.4) is 0 Å². The number of aromatic nitrogens is 4. The molecule has 4 rings (SSSR count). The summed E-state index contributed by atoms with van der Waals surface area (Å²) in [7, 11) is -15.4. The molecule has 9 N–H and O–H groups in total. The van der Waals surface area contributed by atoms with E-state index in [1.165, 1.54) is 10.9 Å². The number of aliphatic hydroxyl groups is 2. The van der Waals surface area contributed by atoms with Gasteiger partial charge in [-0.3, -0.25) is 9.09 Å². The molecule has 22 heteroatoms. The van der Waals surface area contributed by atoms with E-state index in [0.29, 0.717) is 0 Å². The molecule has 0 bridgehead atoms. The number of nitrogens with zero attached hydrogens (tertiary/aromatic N) is 4. The number of phosphoric acid groups is 3. The fourth-order valence-electron chi connectivity index (χ4n) is 3.73. The van der Waals surface area contributed by atoms with Crippen molar-refractivity contribution >= 4 is 46.4 Å². The Kier molecular flexibility index (Phi) is 5.79. The lowest BCUT2D eigenvalue weighted by atomic mass is 9.95. The number of imidazole rings is 1. The lowest BCUT2D eigenvalue weighted by molar-refractivity contribution is -0.155. The van der Waals surface area contributed by atoms with Crippen LogP contribution in [0, 0.1) is 0 Å². The third-order valence-corrected chi connectivity index (χ3v) is 9.01. The quantitative estimate of drug-likeness (QED) is 0.175. The van der Waals surface area contributed by atoms with Crippen LogP contribution < -0.4 is 11.1 Å². The minimum Gasteiger partial charge on any atom is -0.382 e. The molecule has 0 radical (unpaired) electrons. The zero-order valence-corrected chi connectivity index (χ0v) is 19.7. The third kappa shape index (κ3) is 4.18. The molecule has 3 heterocycles. The Labute approximate surface area is 188 Å². The molecular formula is C12H19N6O13P3. The third-order valence-electron chi connectivity index (χ3n) is 5.19. The van der Waals surface area contributed by atoms with Crippen LogP contribution in [-0.4, -0.2) is 79.8 Å². The van der Waals surface area contributed by atoms with Gasteiger partial charge in [0, 0.05) is 7.05 Å². The second-order valence-electron chi connectivity index (χ2n) is 7.50. The molecule has 1 saturated heterocycles. The summed E-state index contributed by atoms with van der Waals surface area (Å²) in [5, 5.41) is 24.8. The number of nitrogen functional groups attached to an aromatic ring is 1. The Morgan fingerprint density at radius 1 is 1.15 bits per heavy atom. The van der Waals surface area contributed by atoms with Gasteiger partial charge >= 0.3 is 23.5 Å². The molecule has 2 aliphatic rings. The molecule has 0 amide bonds. The maximum Gasteiger partial charge on any atom is 0.490 e. The molecule has 34 heavy (non-hydrogen) atoms. The molecule has 2 fully saturated rings. The van der Waals surface area contributed by atoms with Crippen molar-refractivity contribution in [2.24, 2.45) is 0 Å². The maximum atomic E-state index is 12.1. The first-order valence-corrected chi connectivity index (χ1v) is 13.5. The van der Waals surface area contributed by atoms with Crippen molar-refractivity contribution in [1.29, 1.82) is 0 Å². The monoisotopic (exact) mass is 548 g/mol. The van der Waals surface area contributed by atoms with Crippen molar-refractivity contribution in [3.8, 4) is 0 Å². The molecule has 1 aliphatic carbocycles. The zero-order valence-electron chi connectivity index (χ0n) is 17.1. The minimum atomic E-state index is -5.77. The number of phosphoric ester groups is 1. The summed E-state index contributed by atoms with van der Waals surface area (Å²) in [6.45, 7) is 1.12. The van der Waals surface area contributed by atoms with Crippen LogP contribution in [0.15, 0.2) is 6.33 Å². The van der Waals surface area contributed by atoms with Gasteiger partial charge in [0.25, 0.3) is 0 Å². The van der Waals surface area contributed by atoms with Gasteiger partial charge in [-0.25, -0.2) is 18.7 Å². The fourth-order valence-corrected chi connectivity index (χ4v) is 6.95. The van der Waals surface area contributed by atoms with E-state index in [1.807, 2.05) is 0 Å². The Balaban J connectivity index is 1.56. The topological polar surface area (TPSA) is 291 Å². The molecule has 2 aromatic rings. The van der Waals surface area contributed by atoms with Crippen LogP contribution >= 0.6 is 23.5 Å². The van der Waals surface area contributed by atoms with Crippen LogP contribution in [0.4, 0.5) is 11.8 Å². The van der Waals surface area contributed by atoms with E-state index in [1.54, 1.807) is 7.05 Å². The van der Waals surface area contributed by atoms with Crippen molar-refractivity contribution in [2.45, 2.75) is 36.6 Å². The van der Waals surface area contributed by atoms with Gasteiger partial charge in [-0.1, -0.05) is 0 Å². The zero-order chi connectivity index (χ0) is 25.5. The average molecular weight is 548 g/mol. The van der Waals surface area contributed by atoms with Crippen LogP contribution in [0.1, 0.15) is 13.2 Å². The van der Waals surface area contributed by atoms with Gasteiger partial charge in [0.05, 0.1) is 6.33 Å². The number of hydrogen-bond donors (Lipinski definition) is 8. The second kappa shape index (κ2) is 7.72. The summed E-state index contributed by atoms with van der Waals surface area (Å²) in [5.41, 5.74) is 1.51. The van der Waals surface area contributed by atoms with E-state index >= 15 is 0 Å². The summed E-state index contributed by atoms with van der Waals surface area (Å²) in [5.74, 6) is 0.138. The molecule has 2 aromatic heterocycles. The molecule has 1 saturated carbocycles. The smallest absolute Gasteiger partial charge is 0.382 e. The molecular weight excluding hydrogens is 529 g/mol. The second-order valence-corrected chi connectivity index (χ2v) is 11.9. The predicted molar refractivity (Wildman–Crippen MR) is 108 cm³/mol. The van der Waals surface area contributed by atoms with Crippen LogP contribution in [-0.2, 0) is 31.6 Å². The number of hydrogen-bond acceptors (Lipinski definition) is 14. The van der Waals surface area contributed by atoms with Crippen molar-refractivity contribution in [3.63, 3.8) is 0 Å².